The lowest BCUT2D eigenvalue weighted by Gasteiger charge is -2.35. The lowest BCUT2D eigenvalue weighted by Crippen LogP contribution is -2.46. The minimum Gasteiger partial charge on any atom is -0.373 e. The van der Waals surface area contributed by atoms with Gasteiger partial charge in [-0.2, -0.15) is 5.26 Å². The molecule has 28 heavy (non-hydrogen) atoms. The van der Waals surface area contributed by atoms with Crippen molar-refractivity contribution in [3.8, 4) is 6.07 Å². The number of hydrogen-bond donors (Lipinski definition) is 2. The molecular weight excluding hydrogens is 359 g/mol. The van der Waals surface area contributed by atoms with Crippen molar-refractivity contribution in [2.45, 2.75) is 0 Å². The first-order valence-corrected chi connectivity index (χ1v) is 9.73. The van der Waals surface area contributed by atoms with E-state index in [1.165, 1.54) is 12.1 Å². The maximum absolute atomic E-state index is 13.1. The molecule has 0 aromatic heterocycles. The molecule has 2 fully saturated rings. The largest absolute Gasteiger partial charge is 0.373 e. The Morgan fingerprint density at radius 3 is 2.46 bits per heavy atom. The van der Waals surface area contributed by atoms with E-state index in [2.05, 4.69) is 20.4 Å². The van der Waals surface area contributed by atoms with E-state index < -0.39 is 0 Å². The fourth-order valence-electron chi connectivity index (χ4n) is 3.44. The summed E-state index contributed by atoms with van der Waals surface area (Å²) in [6.45, 7) is 8.16. The van der Waals surface area contributed by atoms with Gasteiger partial charge in [0, 0.05) is 77.3 Å². The summed E-state index contributed by atoms with van der Waals surface area (Å²) in [7, 11) is 0. The molecule has 2 aliphatic heterocycles. The van der Waals surface area contributed by atoms with Gasteiger partial charge in [-0.05, 0) is 24.3 Å². The second kappa shape index (κ2) is 10.1. The monoisotopic (exact) mass is 386 g/mol. The van der Waals surface area contributed by atoms with E-state index in [9.17, 15) is 14.4 Å². The summed E-state index contributed by atoms with van der Waals surface area (Å²) >= 11 is 0. The van der Waals surface area contributed by atoms with Crippen LogP contribution >= 0.6 is 0 Å². The standard InChI is InChI=1S/C20H27FN6O/c21-18-1-3-19(4-2-18)27-13-11-26(12-14-27)16-17(15-22)20(28)24-7-10-25-8-5-23-6-9-25/h1-4,16,23H,5-14H2,(H,24,28)/b17-16-. The number of nitriles is 1. The number of nitrogens with zero attached hydrogens (tertiary/aromatic N) is 4. The summed E-state index contributed by atoms with van der Waals surface area (Å²) < 4.78 is 13.1. The number of piperazine rings is 2. The molecule has 150 valence electrons. The lowest BCUT2D eigenvalue weighted by molar-refractivity contribution is -0.117. The lowest BCUT2D eigenvalue weighted by atomic mass is 10.2. The van der Waals surface area contributed by atoms with Crippen molar-refractivity contribution in [3.63, 3.8) is 0 Å². The molecule has 1 aromatic carbocycles. The van der Waals surface area contributed by atoms with Crippen molar-refractivity contribution >= 4 is 11.6 Å². The zero-order valence-electron chi connectivity index (χ0n) is 16.0. The van der Waals surface area contributed by atoms with Crippen LogP contribution in [0.1, 0.15) is 0 Å². The van der Waals surface area contributed by atoms with E-state index in [1.54, 1.807) is 18.3 Å². The smallest absolute Gasteiger partial charge is 0.263 e. The van der Waals surface area contributed by atoms with Crippen molar-refractivity contribution in [1.29, 1.82) is 5.26 Å². The summed E-state index contributed by atoms with van der Waals surface area (Å²) in [5, 5.41) is 15.5. The molecule has 0 saturated carbocycles. The number of amides is 1. The van der Waals surface area contributed by atoms with Crippen molar-refractivity contribution < 1.29 is 9.18 Å². The summed E-state index contributed by atoms with van der Waals surface area (Å²) in [5.74, 6) is -0.564. The molecule has 7 nitrogen and oxygen atoms in total. The van der Waals surface area contributed by atoms with Gasteiger partial charge in [0.15, 0.2) is 0 Å². The number of nitrogens with one attached hydrogen (secondary N) is 2. The SMILES string of the molecule is N#C/C(=C/N1CCN(c2ccc(F)cc2)CC1)C(=O)NCCN1CCNCC1. The van der Waals surface area contributed by atoms with Crippen LogP contribution in [0.3, 0.4) is 0 Å². The Bertz CT molecular complexity index is 715. The molecule has 2 heterocycles. The van der Waals surface area contributed by atoms with Crippen LogP contribution in [0.2, 0.25) is 0 Å². The second-order valence-corrected chi connectivity index (χ2v) is 7.00. The number of rotatable bonds is 6. The molecule has 1 amide bonds. The first-order valence-electron chi connectivity index (χ1n) is 9.73. The van der Waals surface area contributed by atoms with Crippen LogP contribution in [0.5, 0.6) is 0 Å². The minimum absolute atomic E-state index is 0.135. The van der Waals surface area contributed by atoms with Gasteiger partial charge >= 0.3 is 0 Å². The van der Waals surface area contributed by atoms with Gasteiger partial charge in [-0.15, -0.1) is 0 Å². The summed E-state index contributed by atoms with van der Waals surface area (Å²) in [5.41, 5.74) is 1.12. The van der Waals surface area contributed by atoms with Crippen LogP contribution in [-0.2, 0) is 4.79 Å². The molecule has 2 N–H and O–H groups in total. The van der Waals surface area contributed by atoms with Crippen LogP contribution < -0.4 is 15.5 Å². The number of hydrogen-bond acceptors (Lipinski definition) is 6. The fourth-order valence-corrected chi connectivity index (χ4v) is 3.44. The van der Waals surface area contributed by atoms with Crippen molar-refractivity contribution in [2.75, 3.05) is 70.3 Å². The van der Waals surface area contributed by atoms with E-state index in [0.29, 0.717) is 19.6 Å². The number of carbonyl (C=O) groups excluding carboxylic acids is 1. The fraction of sp³-hybridized carbons (Fsp3) is 0.500. The average Bonchev–Trinajstić information content (AvgIpc) is 2.74. The third-order valence-corrected chi connectivity index (χ3v) is 5.11. The van der Waals surface area contributed by atoms with Gasteiger partial charge in [0.1, 0.15) is 17.5 Å². The van der Waals surface area contributed by atoms with Crippen molar-refractivity contribution in [1.82, 2.24) is 20.4 Å². The quantitative estimate of drug-likeness (QED) is 0.544. The van der Waals surface area contributed by atoms with Gasteiger partial charge < -0.3 is 20.4 Å². The van der Waals surface area contributed by atoms with Crippen LogP contribution in [-0.4, -0.2) is 81.2 Å². The van der Waals surface area contributed by atoms with Gasteiger partial charge in [0.2, 0.25) is 0 Å². The topological polar surface area (TPSA) is 74.6 Å². The highest BCUT2D eigenvalue weighted by atomic mass is 19.1. The Kier molecular flexibility index (Phi) is 7.23. The molecule has 0 atom stereocenters. The maximum atomic E-state index is 13.1. The average molecular weight is 386 g/mol. The van der Waals surface area contributed by atoms with E-state index in [-0.39, 0.29) is 17.3 Å². The second-order valence-electron chi connectivity index (χ2n) is 7.00. The highest BCUT2D eigenvalue weighted by molar-refractivity contribution is 5.97. The first-order chi connectivity index (χ1) is 13.7. The Labute approximate surface area is 165 Å². The molecule has 0 radical (unpaired) electrons. The minimum atomic E-state index is -0.321. The number of carbonyl (C=O) groups is 1. The first kappa shape index (κ1) is 20.1. The zero-order chi connectivity index (χ0) is 19.8. The molecule has 0 spiro atoms. The molecular formula is C20H27FN6O. The Morgan fingerprint density at radius 2 is 1.82 bits per heavy atom. The highest BCUT2D eigenvalue weighted by Gasteiger charge is 2.18. The molecule has 3 rings (SSSR count). The van der Waals surface area contributed by atoms with E-state index in [1.807, 2.05) is 11.0 Å². The Hall–Kier alpha value is -2.63. The Morgan fingerprint density at radius 1 is 1.14 bits per heavy atom. The van der Waals surface area contributed by atoms with Crippen LogP contribution in [0.15, 0.2) is 36.0 Å². The van der Waals surface area contributed by atoms with Crippen molar-refractivity contribution in [2.24, 2.45) is 0 Å². The molecule has 0 bridgehead atoms. The van der Waals surface area contributed by atoms with Crippen molar-refractivity contribution in [3.05, 3.63) is 41.9 Å². The summed E-state index contributed by atoms with van der Waals surface area (Å²) in [6.07, 6.45) is 1.65. The number of benzene rings is 1. The highest BCUT2D eigenvalue weighted by Crippen LogP contribution is 2.17. The van der Waals surface area contributed by atoms with E-state index in [0.717, 1.165) is 51.5 Å². The van der Waals surface area contributed by atoms with Crippen LogP contribution in [0.25, 0.3) is 0 Å². The van der Waals surface area contributed by atoms with E-state index in [4.69, 9.17) is 0 Å². The van der Waals surface area contributed by atoms with Gasteiger partial charge in [-0.1, -0.05) is 0 Å². The third-order valence-electron chi connectivity index (χ3n) is 5.11. The predicted octanol–water partition coefficient (Wildman–Crippen LogP) is 0.377. The summed E-state index contributed by atoms with van der Waals surface area (Å²) in [6, 6.07) is 8.47. The van der Waals surface area contributed by atoms with Gasteiger partial charge in [-0.25, -0.2) is 4.39 Å². The zero-order valence-corrected chi connectivity index (χ0v) is 16.0. The normalized spacial score (nSPS) is 18.6. The molecule has 0 aliphatic carbocycles. The van der Waals surface area contributed by atoms with E-state index >= 15 is 0 Å². The molecule has 2 aliphatic rings. The molecule has 8 heteroatoms. The third kappa shape index (κ3) is 5.68. The molecule has 2 saturated heterocycles. The predicted molar refractivity (Wildman–Crippen MR) is 106 cm³/mol. The van der Waals surface area contributed by atoms with Gasteiger partial charge in [-0.3, -0.25) is 9.69 Å². The van der Waals surface area contributed by atoms with Gasteiger partial charge in [0.25, 0.3) is 5.91 Å². The van der Waals surface area contributed by atoms with Crippen LogP contribution in [0, 0.1) is 17.1 Å². The van der Waals surface area contributed by atoms with Gasteiger partial charge in [0.05, 0.1) is 0 Å². The molecule has 1 aromatic rings. The Balaban J connectivity index is 1.45. The number of halogens is 1. The number of anilines is 1. The summed E-state index contributed by atoms with van der Waals surface area (Å²) in [4.78, 5) is 18.8. The maximum Gasteiger partial charge on any atom is 0.263 e. The van der Waals surface area contributed by atoms with Crippen LogP contribution in [0.4, 0.5) is 10.1 Å². The molecule has 0 unspecified atom stereocenters.